The zero-order valence-corrected chi connectivity index (χ0v) is 17.5. The van der Waals surface area contributed by atoms with Crippen LogP contribution >= 0.6 is 0 Å². The molecule has 1 saturated heterocycles. The molecule has 0 radical (unpaired) electrons. The maximum Gasteiger partial charge on any atom is 0.295 e. The number of likely N-dealkylation sites (tertiary alicyclic amines) is 1. The van der Waals surface area contributed by atoms with Gasteiger partial charge in [0.2, 0.25) is 6.23 Å². The summed E-state index contributed by atoms with van der Waals surface area (Å²) in [6.07, 6.45) is 1.11. The predicted octanol–water partition coefficient (Wildman–Crippen LogP) is 2.93. The third-order valence-electron chi connectivity index (χ3n) is 6.28. The number of benzene rings is 2. The molecular weight excluding hydrogens is 396 g/mol. The molecule has 1 unspecified atom stereocenters. The Morgan fingerprint density at radius 2 is 2.03 bits per heavy atom. The molecule has 3 aliphatic rings. The van der Waals surface area contributed by atoms with E-state index in [0.29, 0.717) is 25.2 Å². The smallest absolute Gasteiger partial charge is 0.295 e. The normalized spacial score (nSPS) is 25.3. The predicted molar refractivity (Wildman–Crippen MR) is 113 cm³/mol. The van der Waals surface area contributed by atoms with Gasteiger partial charge in [-0.2, -0.15) is 0 Å². The SMILES string of the molecule is Cc1ccc2c(c1)C(OC=O)N([C@H]1CCCN(C[C@H]3COc4ccccc4O3)C1)C2=O. The molecule has 0 aliphatic carbocycles. The Morgan fingerprint density at radius 1 is 1.19 bits per heavy atom. The highest BCUT2D eigenvalue weighted by Crippen LogP contribution is 2.38. The lowest BCUT2D eigenvalue weighted by Gasteiger charge is -2.40. The lowest BCUT2D eigenvalue weighted by atomic mass is 10.0. The Kier molecular flexibility index (Phi) is 5.28. The quantitative estimate of drug-likeness (QED) is 0.691. The van der Waals surface area contributed by atoms with Gasteiger partial charge in [-0.25, -0.2) is 0 Å². The topological polar surface area (TPSA) is 68.3 Å². The summed E-state index contributed by atoms with van der Waals surface area (Å²) >= 11 is 0. The van der Waals surface area contributed by atoms with Crippen molar-refractivity contribution in [3.63, 3.8) is 0 Å². The molecule has 3 atom stereocenters. The van der Waals surface area contributed by atoms with E-state index in [4.69, 9.17) is 14.2 Å². The van der Waals surface area contributed by atoms with Gasteiger partial charge in [0.15, 0.2) is 11.5 Å². The average Bonchev–Trinajstić information content (AvgIpc) is 3.05. The number of piperidine rings is 1. The summed E-state index contributed by atoms with van der Waals surface area (Å²) in [5.41, 5.74) is 2.43. The van der Waals surface area contributed by atoms with Gasteiger partial charge in [0.05, 0.1) is 0 Å². The highest BCUT2D eigenvalue weighted by molar-refractivity contribution is 5.99. The van der Waals surface area contributed by atoms with Crippen LogP contribution in [0.1, 0.15) is 40.6 Å². The Morgan fingerprint density at radius 3 is 2.87 bits per heavy atom. The first-order valence-electron chi connectivity index (χ1n) is 10.8. The molecule has 0 N–H and O–H groups in total. The minimum Gasteiger partial charge on any atom is -0.486 e. The molecule has 0 bridgehead atoms. The van der Waals surface area contributed by atoms with Crippen LogP contribution in [0.2, 0.25) is 0 Å². The summed E-state index contributed by atoms with van der Waals surface area (Å²) in [6, 6.07) is 13.4. The van der Waals surface area contributed by atoms with Crippen molar-refractivity contribution in [3.05, 3.63) is 59.2 Å². The summed E-state index contributed by atoms with van der Waals surface area (Å²) in [4.78, 5) is 28.5. The molecule has 1 fully saturated rings. The van der Waals surface area contributed by atoms with Gasteiger partial charge in [-0.15, -0.1) is 0 Å². The van der Waals surface area contributed by atoms with Crippen LogP contribution in [0.5, 0.6) is 11.5 Å². The minimum atomic E-state index is -0.661. The van der Waals surface area contributed by atoms with Gasteiger partial charge in [0.1, 0.15) is 12.7 Å². The number of hydrogen-bond donors (Lipinski definition) is 0. The van der Waals surface area contributed by atoms with Crippen LogP contribution in [-0.4, -0.2) is 60.6 Å². The average molecular weight is 422 g/mol. The molecular formula is C24H26N2O5. The number of ether oxygens (including phenoxy) is 3. The summed E-state index contributed by atoms with van der Waals surface area (Å²) < 4.78 is 17.4. The fourth-order valence-corrected chi connectivity index (χ4v) is 4.89. The summed E-state index contributed by atoms with van der Waals surface area (Å²) in [6.45, 7) is 5.27. The second-order valence-electron chi connectivity index (χ2n) is 8.44. The number of para-hydroxylation sites is 2. The van der Waals surface area contributed by atoms with Crippen LogP contribution < -0.4 is 9.47 Å². The van der Waals surface area contributed by atoms with Crippen LogP contribution in [0.15, 0.2) is 42.5 Å². The van der Waals surface area contributed by atoms with E-state index in [9.17, 15) is 9.59 Å². The van der Waals surface area contributed by atoms with Gasteiger partial charge in [-0.3, -0.25) is 19.4 Å². The molecule has 3 aliphatic heterocycles. The van der Waals surface area contributed by atoms with Crippen LogP contribution in [0.25, 0.3) is 0 Å². The summed E-state index contributed by atoms with van der Waals surface area (Å²) in [5, 5.41) is 0. The van der Waals surface area contributed by atoms with E-state index < -0.39 is 6.23 Å². The van der Waals surface area contributed by atoms with Crippen molar-refractivity contribution >= 4 is 12.4 Å². The third-order valence-corrected chi connectivity index (χ3v) is 6.28. The number of rotatable bonds is 5. The van der Waals surface area contributed by atoms with Crippen molar-refractivity contribution in [2.75, 3.05) is 26.2 Å². The first-order valence-corrected chi connectivity index (χ1v) is 10.8. The fraction of sp³-hybridized carbons (Fsp3) is 0.417. The fourth-order valence-electron chi connectivity index (χ4n) is 4.89. The Hall–Kier alpha value is -3.06. The van der Waals surface area contributed by atoms with E-state index in [1.54, 1.807) is 4.90 Å². The van der Waals surface area contributed by atoms with Crippen LogP contribution in [0.3, 0.4) is 0 Å². The van der Waals surface area contributed by atoms with Gasteiger partial charge in [-0.05, 0) is 50.6 Å². The van der Waals surface area contributed by atoms with Crippen LogP contribution in [0.4, 0.5) is 0 Å². The number of amides is 1. The molecule has 7 nitrogen and oxygen atoms in total. The molecule has 3 heterocycles. The highest BCUT2D eigenvalue weighted by atomic mass is 16.6. The Bertz CT molecular complexity index is 994. The standard InChI is InChI=1S/C24H26N2O5/c1-16-8-9-19-20(11-16)24(30-15-27)26(23(19)28)17-5-4-10-25(12-17)13-18-14-29-21-6-2-3-7-22(21)31-18/h2-3,6-9,11,15,17-18,24H,4-5,10,12-14H2,1H3/t17-,18-,24?/m0/s1. The molecule has 2 aromatic rings. The number of carbonyl (C=O) groups is 2. The monoisotopic (exact) mass is 422 g/mol. The number of aryl methyl sites for hydroxylation is 1. The number of carbonyl (C=O) groups excluding carboxylic acids is 2. The van der Waals surface area contributed by atoms with E-state index >= 15 is 0 Å². The van der Waals surface area contributed by atoms with Gasteiger partial charge in [0, 0.05) is 30.3 Å². The maximum atomic E-state index is 13.2. The maximum absolute atomic E-state index is 13.2. The van der Waals surface area contributed by atoms with Crippen molar-refractivity contribution < 1.29 is 23.8 Å². The van der Waals surface area contributed by atoms with Crippen molar-refractivity contribution in [2.24, 2.45) is 0 Å². The van der Waals surface area contributed by atoms with Crippen molar-refractivity contribution in [1.82, 2.24) is 9.80 Å². The number of fused-ring (bicyclic) bond motifs is 2. The molecule has 2 aromatic carbocycles. The lowest BCUT2D eigenvalue weighted by Crippen LogP contribution is -2.52. The highest BCUT2D eigenvalue weighted by Gasteiger charge is 2.43. The Labute approximate surface area is 181 Å². The minimum absolute atomic E-state index is 0.0318. The third kappa shape index (κ3) is 3.74. The van der Waals surface area contributed by atoms with E-state index in [-0.39, 0.29) is 18.1 Å². The summed E-state index contributed by atoms with van der Waals surface area (Å²) in [5.74, 6) is 1.48. The van der Waals surface area contributed by atoms with E-state index in [1.165, 1.54) is 0 Å². The van der Waals surface area contributed by atoms with Gasteiger partial charge >= 0.3 is 0 Å². The molecule has 162 valence electrons. The molecule has 7 heteroatoms. The molecule has 0 aromatic heterocycles. The van der Waals surface area contributed by atoms with Crippen molar-refractivity contribution in [3.8, 4) is 11.5 Å². The first-order chi connectivity index (χ1) is 15.1. The van der Waals surface area contributed by atoms with Crippen LogP contribution in [-0.2, 0) is 9.53 Å². The molecule has 0 spiro atoms. The lowest BCUT2D eigenvalue weighted by molar-refractivity contribution is -0.143. The van der Waals surface area contributed by atoms with E-state index in [1.807, 2.05) is 49.4 Å². The van der Waals surface area contributed by atoms with E-state index in [0.717, 1.165) is 48.6 Å². The van der Waals surface area contributed by atoms with E-state index in [2.05, 4.69) is 4.90 Å². The van der Waals surface area contributed by atoms with Gasteiger partial charge in [-0.1, -0.05) is 23.8 Å². The first kappa shape index (κ1) is 19.9. The van der Waals surface area contributed by atoms with Crippen molar-refractivity contribution in [1.29, 1.82) is 0 Å². The second-order valence-corrected chi connectivity index (χ2v) is 8.44. The molecule has 5 rings (SSSR count). The zero-order chi connectivity index (χ0) is 21.4. The van der Waals surface area contributed by atoms with Crippen LogP contribution in [0, 0.1) is 6.92 Å². The van der Waals surface area contributed by atoms with Gasteiger partial charge in [0.25, 0.3) is 12.4 Å². The summed E-state index contributed by atoms with van der Waals surface area (Å²) in [7, 11) is 0. The Balaban J connectivity index is 1.30. The zero-order valence-electron chi connectivity index (χ0n) is 17.5. The van der Waals surface area contributed by atoms with Gasteiger partial charge < -0.3 is 14.2 Å². The number of hydrogen-bond acceptors (Lipinski definition) is 6. The second kappa shape index (κ2) is 8.23. The molecule has 1 amide bonds. The largest absolute Gasteiger partial charge is 0.486 e. The number of nitrogens with zero attached hydrogens (tertiary/aromatic N) is 2. The molecule has 0 saturated carbocycles. The molecule has 31 heavy (non-hydrogen) atoms. The van der Waals surface area contributed by atoms with Crippen molar-refractivity contribution in [2.45, 2.75) is 38.1 Å².